The van der Waals surface area contributed by atoms with Gasteiger partial charge in [0.15, 0.2) is 12.4 Å². The van der Waals surface area contributed by atoms with Crippen LogP contribution in [-0.2, 0) is 9.53 Å². The third-order valence-corrected chi connectivity index (χ3v) is 3.67. The molecular weight excluding hydrogens is 272 g/mol. The fourth-order valence-electron chi connectivity index (χ4n) is 2.65. The van der Waals surface area contributed by atoms with E-state index in [0.29, 0.717) is 17.4 Å². The van der Waals surface area contributed by atoms with Crippen molar-refractivity contribution in [2.45, 2.75) is 32.8 Å². The van der Waals surface area contributed by atoms with Crippen LogP contribution in [0.1, 0.15) is 26.7 Å². The number of carbonyl (C=O) groups is 1. The van der Waals surface area contributed by atoms with E-state index < -0.39 is 0 Å². The van der Waals surface area contributed by atoms with Crippen molar-refractivity contribution in [1.29, 1.82) is 0 Å². The zero-order valence-electron chi connectivity index (χ0n) is 12.3. The van der Waals surface area contributed by atoms with Crippen molar-refractivity contribution in [3.8, 4) is 5.88 Å². The Morgan fingerprint density at radius 2 is 2.33 bits per heavy atom. The number of ether oxygens (including phenoxy) is 2. The van der Waals surface area contributed by atoms with Crippen molar-refractivity contribution < 1.29 is 14.3 Å². The zero-order chi connectivity index (χ0) is 14.9. The molecule has 3 rings (SSSR count). The highest BCUT2D eigenvalue weighted by Crippen LogP contribution is 2.33. The van der Waals surface area contributed by atoms with Gasteiger partial charge in [0.1, 0.15) is 12.0 Å². The van der Waals surface area contributed by atoms with Gasteiger partial charge in [-0.25, -0.2) is 4.98 Å². The van der Waals surface area contributed by atoms with Gasteiger partial charge in [0.2, 0.25) is 5.88 Å². The SMILES string of the molecule is CC1(C)COC(CCNc2ncnc3c2NC(=O)CO3)C1. The van der Waals surface area contributed by atoms with Gasteiger partial charge < -0.3 is 20.1 Å². The molecule has 0 bridgehead atoms. The minimum Gasteiger partial charge on any atom is -0.466 e. The molecule has 1 atom stereocenters. The van der Waals surface area contributed by atoms with E-state index in [1.54, 1.807) is 0 Å². The second kappa shape index (κ2) is 5.48. The van der Waals surface area contributed by atoms with Crippen LogP contribution >= 0.6 is 0 Å². The van der Waals surface area contributed by atoms with E-state index in [4.69, 9.17) is 9.47 Å². The Labute approximate surface area is 123 Å². The normalized spacial score (nSPS) is 23.1. The Bertz CT molecular complexity index is 547. The predicted molar refractivity (Wildman–Crippen MR) is 77.4 cm³/mol. The molecule has 2 N–H and O–H groups in total. The number of hydrogen-bond acceptors (Lipinski definition) is 6. The average Bonchev–Trinajstić information content (AvgIpc) is 2.79. The van der Waals surface area contributed by atoms with E-state index in [9.17, 15) is 4.79 Å². The fourth-order valence-corrected chi connectivity index (χ4v) is 2.65. The van der Waals surface area contributed by atoms with Crippen molar-refractivity contribution in [2.75, 3.05) is 30.4 Å². The number of nitrogens with zero attached hydrogens (tertiary/aromatic N) is 2. The molecule has 0 spiro atoms. The number of rotatable bonds is 4. The molecule has 3 heterocycles. The van der Waals surface area contributed by atoms with E-state index in [-0.39, 0.29) is 24.0 Å². The van der Waals surface area contributed by atoms with Crippen LogP contribution in [0.5, 0.6) is 5.88 Å². The van der Waals surface area contributed by atoms with Gasteiger partial charge in [-0.3, -0.25) is 4.79 Å². The van der Waals surface area contributed by atoms with Crippen molar-refractivity contribution in [3.05, 3.63) is 6.33 Å². The third-order valence-electron chi connectivity index (χ3n) is 3.67. The maximum Gasteiger partial charge on any atom is 0.262 e. The molecule has 1 amide bonds. The number of anilines is 2. The number of nitrogens with one attached hydrogen (secondary N) is 2. The first-order valence-electron chi connectivity index (χ1n) is 7.17. The molecule has 0 aromatic carbocycles. The lowest BCUT2D eigenvalue weighted by Crippen LogP contribution is -2.27. The van der Waals surface area contributed by atoms with Gasteiger partial charge >= 0.3 is 0 Å². The van der Waals surface area contributed by atoms with Crippen molar-refractivity contribution in [3.63, 3.8) is 0 Å². The van der Waals surface area contributed by atoms with Crippen LogP contribution in [0.25, 0.3) is 0 Å². The van der Waals surface area contributed by atoms with Crippen LogP contribution in [0.2, 0.25) is 0 Å². The molecular formula is C14H20N4O3. The lowest BCUT2D eigenvalue weighted by molar-refractivity contribution is -0.118. The van der Waals surface area contributed by atoms with Crippen LogP contribution in [-0.4, -0.2) is 41.7 Å². The average molecular weight is 292 g/mol. The van der Waals surface area contributed by atoms with Crippen LogP contribution in [0, 0.1) is 5.41 Å². The number of aromatic nitrogens is 2. The summed E-state index contributed by atoms with van der Waals surface area (Å²) in [5, 5.41) is 5.96. The zero-order valence-corrected chi connectivity index (χ0v) is 12.3. The first-order chi connectivity index (χ1) is 10.0. The van der Waals surface area contributed by atoms with Crippen LogP contribution in [0.4, 0.5) is 11.5 Å². The molecule has 0 radical (unpaired) electrons. The topological polar surface area (TPSA) is 85.4 Å². The van der Waals surface area contributed by atoms with Crippen LogP contribution in [0.3, 0.4) is 0 Å². The quantitative estimate of drug-likeness (QED) is 0.873. The molecule has 1 saturated heterocycles. The smallest absolute Gasteiger partial charge is 0.262 e. The molecule has 21 heavy (non-hydrogen) atoms. The summed E-state index contributed by atoms with van der Waals surface area (Å²) in [7, 11) is 0. The minimum absolute atomic E-state index is 0.00551. The Hall–Kier alpha value is -1.89. The van der Waals surface area contributed by atoms with Gasteiger partial charge in [0.25, 0.3) is 5.91 Å². The summed E-state index contributed by atoms with van der Waals surface area (Å²) in [4.78, 5) is 19.6. The maximum atomic E-state index is 11.4. The van der Waals surface area contributed by atoms with Gasteiger partial charge in [-0.15, -0.1) is 0 Å². The van der Waals surface area contributed by atoms with Gasteiger partial charge in [0.05, 0.1) is 12.7 Å². The van der Waals surface area contributed by atoms with Gasteiger partial charge in [-0.2, -0.15) is 4.98 Å². The summed E-state index contributed by atoms with van der Waals surface area (Å²) in [6.45, 7) is 5.96. The molecule has 0 aliphatic carbocycles. The molecule has 0 saturated carbocycles. The summed E-state index contributed by atoms with van der Waals surface area (Å²) in [5.41, 5.74) is 0.780. The third kappa shape index (κ3) is 3.24. The number of amides is 1. The summed E-state index contributed by atoms with van der Waals surface area (Å²) >= 11 is 0. The minimum atomic E-state index is -0.193. The maximum absolute atomic E-state index is 11.4. The van der Waals surface area contributed by atoms with Gasteiger partial charge in [-0.1, -0.05) is 13.8 Å². The van der Waals surface area contributed by atoms with E-state index in [2.05, 4.69) is 34.4 Å². The standard InChI is InChI=1S/C14H20N4O3/c1-14(2)5-9(21-7-14)3-4-15-12-11-13(17-8-16-12)20-6-10(19)18-11/h8-9H,3-7H2,1-2H3,(H,18,19)(H,15,16,17). The Balaban J connectivity index is 1.58. The molecule has 1 aromatic heterocycles. The molecule has 7 heteroatoms. The predicted octanol–water partition coefficient (Wildman–Crippen LogP) is 1.42. The summed E-state index contributed by atoms with van der Waals surface area (Å²) < 4.78 is 11.0. The monoisotopic (exact) mass is 292 g/mol. The largest absolute Gasteiger partial charge is 0.466 e. The van der Waals surface area contributed by atoms with Crippen molar-refractivity contribution in [1.82, 2.24) is 9.97 Å². The summed E-state index contributed by atoms with van der Waals surface area (Å²) in [6.07, 6.45) is 3.66. The number of carbonyl (C=O) groups excluding carboxylic acids is 1. The van der Waals surface area contributed by atoms with Crippen LogP contribution in [0.15, 0.2) is 6.33 Å². The number of hydrogen-bond donors (Lipinski definition) is 2. The Kier molecular flexibility index (Phi) is 3.67. The number of fused-ring (bicyclic) bond motifs is 1. The van der Waals surface area contributed by atoms with E-state index in [0.717, 1.165) is 26.0 Å². The summed E-state index contributed by atoms with van der Waals surface area (Å²) in [5.74, 6) is 0.803. The molecule has 2 aliphatic heterocycles. The highest BCUT2D eigenvalue weighted by molar-refractivity contribution is 5.97. The molecule has 7 nitrogen and oxygen atoms in total. The van der Waals surface area contributed by atoms with Crippen molar-refractivity contribution in [2.24, 2.45) is 5.41 Å². The first kappa shape index (κ1) is 14.1. The van der Waals surface area contributed by atoms with E-state index in [1.807, 2.05) is 0 Å². The highest BCUT2D eigenvalue weighted by Gasteiger charge is 2.31. The molecule has 2 aliphatic rings. The van der Waals surface area contributed by atoms with Crippen molar-refractivity contribution >= 4 is 17.4 Å². The second-order valence-corrected chi connectivity index (χ2v) is 6.26. The molecule has 1 aromatic rings. The van der Waals surface area contributed by atoms with Gasteiger partial charge in [-0.05, 0) is 18.3 Å². The fraction of sp³-hybridized carbons (Fsp3) is 0.643. The molecule has 114 valence electrons. The van der Waals surface area contributed by atoms with E-state index in [1.165, 1.54) is 6.33 Å². The molecule has 1 unspecified atom stereocenters. The van der Waals surface area contributed by atoms with E-state index >= 15 is 0 Å². The lowest BCUT2D eigenvalue weighted by Gasteiger charge is -2.19. The van der Waals surface area contributed by atoms with Crippen LogP contribution < -0.4 is 15.4 Å². The Morgan fingerprint density at radius 3 is 3.10 bits per heavy atom. The second-order valence-electron chi connectivity index (χ2n) is 6.26. The lowest BCUT2D eigenvalue weighted by atomic mass is 9.90. The highest BCUT2D eigenvalue weighted by atomic mass is 16.5. The summed E-state index contributed by atoms with van der Waals surface area (Å²) in [6, 6.07) is 0. The molecule has 1 fully saturated rings. The van der Waals surface area contributed by atoms with Gasteiger partial charge in [0, 0.05) is 6.54 Å². The Morgan fingerprint density at radius 1 is 1.48 bits per heavy atom. The first-order valence-corrected chi connectivity index (χ1v) is 7.17.